The first kappa shape index (κ1) is 16.0. The van der Waals surface area contributed by atoms with E-state index in [0.29, 0.717) is 11.8 Å². The smallest absolute Gasteiger partial charge is 0.0935 e. The number of hydrogen-bond donors (Lipinski definition) is 0. The molecule has 2 aromatic rings. The summed E-state index contributed by atoms with van der Waals surface area (Å²) in [6, 6.07) is 8.40. The Morgan fingerprint density at radius 2 is 1.90 bits per heavy atom. The quantitative estimate of drug-likeness (QED) is 0.621. The number of hydrogen-bond acceptors (Lipinski definition) is 2. The molecule has 0 saturated carbocycles. The standard InChI is InChI=1S/C16H19BrClNS/c1-16(2,3)14-10-20-15(19-14)8-12(9-18)11-4-6-13(17)7-5-11/h4-7,10,12H,8-9H2,1-3H3. The molecule has 1 unspecified atom stereocenters. The monoisotopic (exact) mass is 371 g/mol. The Morgan fingerprint density at radius 1 is 1.25 bits per heavy atom. The molecule has 0 spiro atoms. The van der Waals surface area contributed by atoms with Crippen molar-refractivity contribution in [3.8, 4) is 0 Å². The van der Waals surface area contributed by atoms with Crippen LogP contribution >= 0.6 is 38.9 Å². The molecule has 0 aliphatic rings. The highest BCUT2D eigenvalue weighted by atomic mass is 79.9. The van der Waals surface area contributed by atoms with Crippen LogP contribution in [0.25, 0.3) is 0 Å². The lowest BCUT2D eigenvalue weighted by atomic mass is 9.93. The SMILES string of the molecule is CC(C)(C)c1csc(CC(CCl)c2ccc(Br)cc2)n1. The second kappa shape index (κ2) is 6.59. The van der Waals surface area contributed by atoms with E-state index in [-0.39, 0.29) is 5.41 Å². The zero-order valence-corrected chi connectivity index (χ0v) is 15.1. The van der Waals surface area contributed by atoms with Crippen LogP contribution in [0.5, 0.6) is 0 Å². The number of aromatic nitrogens is 1. The molecule has 4 heteroatoms. The molecule has 0 fully saturated rings. The Morgan fingerprint density at radius 3 is 2.40 bits per heavy atom. The topological polar surface area (TPSA) is 12.9 Å². The maximum atomic E-state index is 6.15. The molecular weight excluding hydrogens is 354 g/mol. The molecule has 108 valence electrons. The van der Waals surface area contributed by atoms with Gasteiger partial charge in [0, 0.05) is 33.5 Å². The zero-order valence-electron chi connectivity index (χ0n) is 12.0. The van der Waals surface area contributed by atoms with Crippen LogP contribution in [0.15, 0.2) is 34.1 Å². The van der Waals surface area contributed by atoms with Gasteiger partial charge in [-0.1, -0.05) is 48.8 Å². The van der Waals surface area contributed by atoms with Gasteiger partial charge in [-0.2, -0.15) is 0 Å². The van der Waals surface area contributed by atoms with E-state index in [4.69, 9.17) is 16.6 Å². The van der Waals surface area contributed by atoms with E-state index in [2.05, 4.69) is 66.3 Å². The summed E-state index contributed by atoms with van der Waals surface area (Å²) < 4.78 is 1.10. The fourth-order valence-corrected chi connectivity index (χ4v) is 3.61. The van der Waals surface area contributed by atoms with Gasteiger partial charge in [-0.25, -0.2) is 4.98 Å². The maximum absolute atomic E-state index is 6.15. The Bertz CT molecular complexity index is 557. The predicted molar refractivity (Wildman–Crippen MR) is 92.1 cm³/mol. The fraction of sp³-hybridized carbons (Fsp3) is 0.438. The van der Waals surface area contributed by atoms with Crippen molar-refractivity contribution in [1.82, 2.24) is 4.98 Å². The normalized spacial score (nSPS) is 13.4. The molecule has 0 amide bonds. The highest BCUT2D eigenvalue weighted by Crippen LogP contribution is 2.28. The minimum Gasteiger partial charge on any atom is -0.246 e. The van der Waals surface area contributed by atoms with Crippen molar-refractivity contribution in [2.24, 2.45) is 0 Å². The highest BCUT2D eigenvalue weighted by Gasteiger charge is 2.19. The van der Waals surface area contributed by atoms with Gasteiger partial charge < -0.3 is 0 Å². The van der Waals surface area contributed by atoms with Crippen LogP contribution in [-0.2, 0) is 11.8 Å². The molecule has 1 nitrogen and oxygen atoms in total. The number of thiazole rings is 1. The third-order valence-corrected chi connectivity index (χ3v) is 5.04. The molecule has 0 radical (unpaired) electrons. The molecule has 20 heavy (non-hydrogen) atoms. The number of nitrogens with zero attached hydrogens (tertiary/aromatic N) is 1. The van der Waals surface area contributed by atoms with Gasteiger partial charge in [0.25, 0.3) is 0 Å². The Balaban J connectivity index is 2.14. The van der Waals surface area contributed by atoms with Gasteiger partial charge in [0.2, 0.25) is 0 Å². The van der Waals surface area contributed by atoms with E-state index in [1.165, 1.54) is 16.3 Å². The number of rotatable bonds is 4. The number of alkyl halides is 1. The minimum atomic E-state index is 0.114. The van der Waals surface area contributed by atoms with Crippen LogP contribution in [0, 0.1) is 0 Å². The molecule has 2 rings (SSSR count). The predicted octanol–water partition coefficient (Wildman–Crippen LogP) is 5.77. The van der Waals surface area contributed by atoms with Crippen LogP contribution < -0.4 is 0 Å². The summed E-state index contributed by atoms with van der Waals surface area (Å²) in [6.45, 7) is 6.58. The van der Waals surface area contributed by atoms with E-state index >= 15 is 0 Å². The van der Waals surface area contributed by atoms with Crippen molar-refractivity contribution >= 4 is 38.9 Å². The summed E-state index contributed by atoms with van der Waals surface area (Å²) >= 11 is 11.4. The highest BCUT2D eigenvalue weighted by molar-refractivity contribution is 9.10. The molecule has 0 N–H and O–H groups in total. The van der Waals surface area contributed by atoms with E-state index in [0.717, 1.165) is 10.9 Å². The van der Waals surface area contributed by atoms with Gasteiger partial charge in [-0.05, 0) is 17.7 Å². The summed E-state index contributed by atoms with van der Waals surface area (Å²) in [5, 5.41) is 3.34. The van der Waals surface area contributed by atoms with Gasteiger partial charge >= 0.3 is 0 Å². The van der Waals surface area contributed by atoms with E-state index in [1.54, 1.807) is 11.3 Å². The molecule has 1 atom stereocenters. The van der Waals surface area contributed by atoms with Crippen LogP contribution in [0.3, 0.4) is 0 Å². The van der Waals surface area contributed by atoms with Crippen LogP contribution in [0.2, 0.25) is 0 Å². The fourth-order valence-electron chi connectivity index (χ4n) is 1.96. The molecule has 0 saturated heterocycles. The van der Waals surface area contributed by atoms with E-state index in [1.807, 2.05) is 0 Å². The lowest BCUT2D eigenvalue weighted by molar-refractivity contribution is 0.569. The Kier molecular flexibility index (Phi) is 5.27. The third-order valence-electron chi connectivity index (χ3n) is 3.27. The Hall–Kier alpha value is -0.380. The van der Waals surface area contributed by atoms with Crippen LogP contribution in [-0.4, -0.2) is 10.9 Å². The number of benzene rings is 1. The molecule has 0 aliphatic carbocycles. The maximum Gasteiger partial charge on any atom is 0.0935 e. The van der Waals surface area contributed by atoms with Crippen LogP contribution in [0.1, 0.15) is 43.0 Å². The second-order valence-corrected chi connectivity index (χ2v) is 8.15. The van der Waals surface area contributed by atoms with Crippen molar-refractivity contribution in [3.05, 3.63) is 50.4 Å². The van der Waals surface area contributed by atoms with E-state index < -0.39 is 0 Å². The summed E-state index contributed by atoms with van der Waals surface area (Å²) in [4.78, 5) is 4.76. The zero-order chi connectivity index (χ0) is 14.8. The van der Waals surface area contributed by atoms with E-state index in [9.17, 15) is 0 Å². The molecule has 1 aromatic heterocycles. The summed E-state index contributed by atoms with van der Waals surface area (Å²) in [7, 11) is 0. The molecule has 1 heterocycles. The number of halogens is 2. The van der Waals surface area contributed by atoms with Gasteiger partial charge in [0.15, 0.2) is 0 Å². The summed E-state index contributed by atoms with van der Waals surface area (Å²) in [6.07, 6.45) is 0.909. The lowest BCUT2D eigenvalue weighted by Gasteiger charge is -2.15. The summed E-state index contributed by atoms with van der Waals surface area (Å²) in [5.74, 6) is 0.940. The van der Waals surface area contributed by atoms with Crippen molar-refractivity contribution in [2.45, 2.75) is 38.5 Å². The average Bonchev–Trinajstić information content (AvgIpc) is 2.85. The van der Waals surface area contributed by atoms with Crippen molar-refractivity contribution in [3.63, 3.8) is 0 Å². The van der Waals surface area contributed by atoms with Crippen molar-refractivity contribution in [2.75, 3.05) is 5.88 Å². The third kappa shape index (κ3) is 4.06. The van der Waals surface area contributed by atoms with Gasteiger partial charge in [0.05, 0.1) is 10.7 Å². The molecule has 0 bridgehead atoms. The first-order valence-electron chi connectivity index (χ1n) is 6.66. The van der Waals surface area contributed by atoms with Gasteiger partial charge in [0.1, 0.15) is 0 Å². The molecule has 1 aromatic carbocycles. The average molecular weight is 373 g/mol. The lowest BCUT2D eigenvalue weighted by Crippen LogP contribution is -2.12. The second-order valence-electron chi connectivity index (χ2n) is 5.98. The summed E-state index contributed by atoms with van der Waals surface area (Å²) in [5.41, 5.74) is 2.56. The largest absolute Gasteiger partial charge is 0.246 e. The molecule has 0 aliphatic heterocycles. The van der Waals surface area contributed by atoms with Crippen LogP contribution in [0.4, 0.5) is 0 Å². The van der Waals surface area contributed by atoms with Crippen molar-refractivity contribution in [1.29, 1.82) is 0 Å². The first-order valence-corrected chi connectivity index (χ1v) is 8.87. The van der Waals surface area contributed by atoms with Crippen molar-refractivity contribution < 1.29 is 0 Å². The minimum absolute atomic E-state index is 0.114. The Labute approximate surface area is 138 Å². The van der Waals surface area contributed by atoms with Gasteiger partial charge in [-0.3, -0.25) is 0 Å². The first-order chi connectivity index (χ1) is 9.40. The molecular formula is C16H19BrClNS. The van der Waals surface area contributed by atoms with Gasteiger partial charge in [-0.15, -0.1) is 22.9 Å².